The Kier molecular flexibility index (Phi) is 5.14. The van der Waals surface area contributed by atoms with Gasteiger partial charge in [0, 0.05) is 17.8 Å². The van der Waals surface area contributed by atoms with E-state index in [-0.39, 0.29) is 6.54 Å². The maximum Gasteiger partial charge on any atom is 0.313 e. The molecule has 2 rings (SSSR count). The van der Waals surface area contributed by atoms with Crippen LogP contribution in [0.2, 0.25) is 0 Å². The van der Waals surface area contributed by atoms with Gasteiger partial charge in [-0.25, -0.2) is 0 Å². The van der Waals surface area contributed by atoms with E-state index in [4.69, 9.17) is 4.74 Å². The van der Waals surface area contributed by atoms with Gasteiger partial charge in [-0.15, -0.1) is 0 Å². The fourth-order valence-corrected chi connectivity index (χ4v) is 1.93. The number of hydrogen-bond acceptors (Lipinski definition) is 3. The molecule has 0 aliphatic heterocycles. The van der Waals surface area contributed by atoms with E-state index in [1.54, 1.807) is 25.3 Å². The zero-order chi connectivity index (χ0) is 15.9. The molecule has 0 heterocycles. The van der Waals surface area contributed by atoms with E-state index in [9.17, 15) is 9.59 Å². The molecule has 2 aromatic carbocycles. The first-order valence-corrected chi connectivity index (χ1v) is 6.88. The first-order chi connectivity index (χ1) is 10.6. The van der Waals surface area contributed by atoms with Gasteiger partial charge in [0.1, 0.15) is 5.75 Å². The van der Waals surface area contributed by atoms with Crippen molar-refractivity contribution in [3.63, 3.8) is 0 Å². The summed E-state index contributed by atoms with van der Waals surface area (Å²) >= 11 is 0. The number of anilines is 1. The molecule has 0 spiro atoms. The van der Waals surface area contributed by atoms with E-state index < -0.39 is 11.8 Å². The number of carbonyl (C=O) groups excluding carboxylic acids is 2. The lowest BCUT2D eigenvalue weighted by molar-refractivity contribution is -0.136. The van der Waals surface area contributed by atoms with Gasteiger partial charge in [0.05, 0.1) is 7.11 Å². The number of rotatable bonds is 4. The molecule has 0 aliphatic carbocycles. The van der Waals surface area contributed by atoms with Crippen LogP contribution < -0.4 is 15.4 Å². The zero-order valence-corrected chi connectivity index (χ0v) is 12.6. The van der Waals surface area contributed by atoms with Crippen molar-refractivity contribution in [3.8, 4) is 5.75 Å². The van der Waals surface area contributed by atoms with Crippen molar-refractivity contribution in [2.75, 3.05) is 12.4 Å². The molecule has 0 unspecified atom stereocenters. The minimum absolute atomic E-state index is 0.226. The normalized spacial score (nSPS) is 9.91. The molecule has 5 heteroatoms. The summed E-state index contributed by atoms with van der Waals surface area (Å²) in [5.74, 6) is -0.716. The molecule has 0 fully saturated rings. The van der Waals surface area contributed by atoms with E-state index in [0.717, 1.165) is 11.1 Å². The molecule has 2 N–H and O–H groups in total. The minimum Gasteiger partial charge on any atom is -0.496 e. The van der Waals surface area contributed by atoms with Gasteiger partial charge < -0.3 is 15.4 Å². The van der Waals surface area contributed by atoms with Crippen LogP contribution in [0.1, 0.15) is 11.1 Å². The third kappa shape index (κ3) is 4.09. The van der Waals surface area contributed by atoms with Gasteiger partial charge in [-0.05, 0) is 25.1 Å². The van der Waals surface area contributed by atoms with E-state index in [0.29, 0.717) is 11.4 Å². The number of amides is 2. The predicted octanol–water partition coefficient (Wildman–Crippen LogP) is 2.26. The summed E-state index contributed by atoms with van der Waals surface area (Å²) in [6.45, 7) is 2.18. The number of methoxy groups -OCH3 is 1. The van der Waals surface area contributed by atoms with Crippen LogP contribution >= 0.6 is 0 Å². The van der Waals surface area contributed by atoms with Gasteiger partial charge in [0.25, 0.3) is 0 Å². The van der Waals surface area contributed by atoms with E-state index in [1.165, 1.54) is 0 Å². The molecule has 114 valence electrons. The topological polar surface area (TPSA) is 67.4 Å². The van der Waals surface area contributed by atoms with E-state index in [1.807, 2.05) is 37.3 Å². The number of benzene rings is 2. The maximum absolute atomic E-state index is 11.8. The van der Waals surface area contributed by atoms with Gasteiger partial charge >= 0.3 is 11.8 Å². The van der Waals surface area contributed by atoms with Gasteiger partial charge in [-0.1, -0.05) is 35.9 Å². The highest BCUT2D eigenvalue weighted by molar-refractivity contribution is 6.39. The molecule has 2 amide bonds. The van der Waals surface area contributed by atoms with Gasteiger partial charge in [0.2, 0.25) is 0 Å². The summed E-state index contributed by atoms with van der Waals surface area (Å²) in [5.41, 5.74) is 2.48. The second kappa shape index (κ2) is 7.26. The Bertz CT molecular complexity index is 666. The van der Waals surface area contributed by atoms with Crippen LogP contribution in [0.25, 0.3) is 0 Å². The number of para-hydroxylation sites is 1. The van der Waals surface area contributed by atoms with Crippen LogP contribution in [0, 0.1) is 6.92 Å². The summed E-state index contributed by atoms with van der Waals surface area (Å²) in [6, 6.07) is 14.5. The molecule has 0 saturated carbocycles. The van der Waals surface area contributed by atoms with Crippen molar-refractivity contribution in [2.45, 2.75) is 13.5 Å². The first kappa shape index (κ1) is 15.6. The number of carbonyl (C=O) groups is 2. The molecule has 22 heavy (non-hydrogen) atoms. The van der Waals surface area contributed by atoms with Gasteiger partial charge in [-0.3, -0.25) is 9.59 Å². The average Bonchev–Trinajstić information content (AvgIpc) is 2.54. The smallest absolute Gasteiger partial charge is 0.313 e. The number of nitrogens with one attached hydrogen (secondary N) is 2. The largest absolute Gasteiger partial charge is 0.496 e. The van der Waals surface area contributed by atoms with E-state index in [2.05, 4.69) is 10.6 Å². The zero-order valence-electron chi connectivity index (χ0n) is 12.6. The molecule has 0 atom stereocenters. The van der Waals surface area contributed by atoms with Crippen molar-refractivity contribution in [1.29, 1.82) is 0 Å². The van der Waals surface area contributed by atoms with Crippen molar-refractivity contribution < 1.29 is 14.3 Å². The van der Waals surface area contributed by atoms with Crippen molar-refractivity contribution in [3.05, 3.63) is 59.7 Å². The Hall–Kier alpha value is -2.82. The highest BCUT2D eigenvalue weighted by atomic mass is 16.5. The van der Waals surface area contributed by atoms with Crippen molar-refractivity contribution in [1.82, 2.24) is 5.32 Å². The SMILES string of the molecule is COc1ccccc1CNC(=O)C(=O)Nc1ccc(C)cc1. The number of aryl methyl sites for hydroxylation is 1. The van der Waals surface area contributed by atoms with Crippen molar-refractivity contribution in [2.24, 2.45) is 0 Å². The number of ether oxygens (including phenoxy) is 1. The second-order valence-electron chi connectivity index (χ2n) is 4.81. The average molecular weight is 298 g/mol. The molecule has 0 bridgehead atoms. The van der Waals surface area contributed by atoms with Gasteiger partial charge in [-0.2, -0.15) is 0 Å². The summed E-state index contributed by atoms with van der Waals surface area (Å²) in [4.78, 5) is 23.6. The third-order valence-corrected chi connectivity index (χ3v) is 3.15. The molecule has 0 saturated heterocycles. The number of hydrogen-bond donors (Lipinski definition) is 2. The van der Waals surface area contributed by atoms with Crippen LogP contribution in [0.15, 0.2) is 48.5 Å². The predicted molar refractivity (Wildman–Crippen MR) is 84.6 cm³/mol. The van der Waals surface area contributed by atoms with Crippen molar-refractivity contribution >= 4 is 17.5 Å². The van der Waals surface area contributed by atoms with Crippen LogP contribution in [0.3, 0.4) is 0 Å². The Morgan fingerprint density at radius 2 is 1.68 bits per heavy atom. The molecular formula is C17H18N2O3. The van der Waals surface area contributed by atoms with Crippen LogP contribution in [0.5, 0.6) is 5.75 Å². The lowest BCUT2D eigenvalue weighted by Crippen LogP contribution is -2.35. The monoisotopic (exact) mass is 298 g/mol. The summed E-state index contributed by atoms with van der Waals surface area (Å²) < 4.78 is 5.19. The summed E-state index contributed by atoms with van der Waals surface area (Å²) in [5, 5.41) is 5.13. The van der Waals surface area contributed by atoms with Crippen LogP contribution in [-0.2, 0) is 16.1 Å². The van der Waals surface area contributed by atoms with Crippen LogP contribution in [-0.4, -0.2) is 18.9 Å². The first-order valence-electron chi connectivity index (χ1n) is 6.88. The summed E-state index contributed by atoms with van der Waals surface area (Å²) in [6.07, 6.45) is 0. The minimum atomic E-state index is -0.696. The van der Waals surface area contributed by atoms with E-state index >= 15 is 0 Å². The standard InChI is InChI=1S/C17H18N2O3/c1-12-7-9-14(10-8-12)19-17(21)16(20)18-11-13-5-3-4-6-15(13)22-2/h3-10H,11H2,1-2H3,(H,18,20)(H,19,21). The molecule has 0 radical (unpaired) electrons. The Labute approximate surface area is 129 Å². The molecule has 0 aromatic heterocycles. The van der Waals surface area contributed by atoms with Gasteiger partial charge in [0.15, 0.2) is 0 Å². The van der Waals surface area contributed by atoms with Crippen LogP contribution in [0.4, 0.5) is 5.69 Å². The fourth-order valence-electron chi connectivity index (χ4n) is 1.93. The molecule has 2 aromatic rings. The Morgan fingerprint density at radius 1 is 1.00 bits per heavy atom. The highest BCUT2D eigenvalue weighted by Gasteiger charge is 2.14. The lowest BCUT2D eigenvalue weighted by Gasteiger charge is -2.09. The Morgan fingerprint density at radius 3 is 2.36 bits per heavy atom. The quantitative estimate of drug-likeness (QED) is 0.851. The summed E-state index contributed by atoms with van der Waals surface area (Å²) in [7, 11) is 1.56. The Balaban J connectivity index is 1.91. The molecule has 5 nitrogen and oxygen atoms in total. The third-order valence-electron chi connectivity index (χ3n) is 3.15. The maximum atomic E-state index is 11.8. The highest BCUT2D eigenvalue weighted by Crippen LogP contribution is 2.16. The second-order valence-corrected chi connectivity index (χ2v) is 4.81. The lowest BCUT2D eigenvalue weighted by atomic mass is 10.2. The fraction of sp³-hybridized carbons (Fsp3) is 0.176. The molecular weight excluding hydrogens is 280 g/mol. The molecule has 0 aliphatic rings.